The van der Waals surface area contributed by atoms with Gasteiger partial charge in [-0.2, -0.15) is 0 Å². The number of amides is 1. The van der Waals surface area contributed by atoms with Gasteiger partial charge in [0.1, 0.15) is 24.7 Å². The molecule has 0 aliphatic carbocycles. The van der Waals surface area contributed by atoms with Crippen molar-refractivity contribution >= 4 is 44.8 Å². The average Bonchev–Trinajstić information content (AvgIpc) is 2.83. The maximum Gasteiger partial charge on any atom is 0.264 e. The second-order valence-electron chi connectivity index (χ2n) is 6.80. The van der Waals surface area contributed by atoms with E-state index in [0.29, 0.717) is 11.5 Å². The second-order valence-corrected chi connectivity index (χ2v) is 9.48. The number of sulfonamides is 1. The van der Waals surface area contributed by atoms with Gasteiger partial charge < -0.3 is 14.8 Å². The highest BCUT2D eigenvalue weighted by Gasteiger charge is 2.27. The zero-order valence-corrected chi connectivity index (χ0v) is 20.0. The van der Waals surface area contributed by atoms with Crippen molar-refractivity contribution in [3.8, 4) is 11.5 Å². The first kappa shape index (κ1) is 24.7. The molecule has 0 saturated heterocycles. The van der Waals surface area contributed by atoms with E-state index in [-0.39, 0.29) is 33.8 Å². The van der Waals surface area contributed by atoms with Gasteiger partial charge >= 0.3 is 0 Å². The first-order chi connectivity index (χ1) is 15.8. The molecule has 0 fully saturated rings. The molecular weight excluding hydrogens is 487 g/mol. The molecule has 33 heavy (non-hydrogen) atoms. The van der Waals surface area contributed by atoms with E-state index >= 15 is 0 Å². The van der Waals surface area contributed by atoms with E-state index < -0.39 is 22.5 Å². The van der Waals surface area contributed by atoms with Crippen LogP contribution in [0.15, 0.2) is 77.7 Å². The molecule has 1 N–H and O–H groups in total. The van der Waals surface area contributed by atoms with Crippen LogP contribution in [0.1, 0.15) is 0 Å². The number of anilines is 1. The predicted octanol–water partition coefficient (Wildman–Crippen LogP) is 4.39. The maximum absolute atomic E-state index is 13.3. The molecule has 0 aliphatic rings. The van der Waals surface area contributed by atoms with Crippen molar-refractivity contribution in [3.05, 3.63) is 82.8 Å². The largest absolute Gasteiger partial charge is 0.497 e. The molecule has 7 nitrogen and oxygen atoms in total. The van der Waals surface area contributed by atoms with Gasteiger partial charge in [0.25, 0.3) is 10.0 Å². The molecule has 0 bridgehead atoms. The lowest BCUT2D eigenvalue weighted by Crippen LogP contribution is -2.41. The molecule has 0 aromatic heterocycles. The van der Waals surface area contributed by atoms with Gasteiger partial charge in [-0.05, 0) is 42.5 Å². The van der Waals surface area contributed by atoms with Crippen molar-refractivity contribution in [1.82, 2.24) is 5.32 Å². The number of hydrogen-bond donors (Lipinski definition) is 1. The minimum absolute atomic E-state index is 0.0465. The van der Waals surface area contributed by atoms with E-state index in [2.05, 4.69) is 5.32 Å². The Morgan fingerprint density at radius 2 is 1.67 bits per heavy atom. The standard InChI is InChI=1S/C23H22Cl2N2O5S/c1-31-18-6-5-7-19(15-18)32-13-12-26-23(28)16-27(17-10-11-21(24)22(25)14-17)33(29,30)20-8-3-2-4-9-20/h2-11,14-15H,12-13,16H2,1H3,(H,26,28). The van der Waals surface area contributed by atoms with Gasteiger partial charge in [0.05, 0.1) is 34.3 Å². The predicted molar refractivity (Wildman–Crippen MR) is 129 cm³/mol. The van der Waals surface area contributed by atoms with Gasteiger partial charge in [0, 0.05) is 6.07 Å². The van der Waals surface area contributed by atoms with Crippen LogP contribution in [0.5, 0.6) is 11.5 Å². The molecule has 0 spiro atoms. The lowest BCUT2D eigenvalue weighted by molar-refractivity contribution is -0.119. The molecule has 1 amide bonds. The Morgan fingerprint density at radius 3 is 2.36 bits per heavy atom. The summed E-state index contributed by atoms with van der Waals surface area (Å²) in [6, 6.07) is 19.3. The highest BCUT2D eigenvalue weighted by atomic mass is 35.5. The van der Waals surface area contributed by atoms with E-state index in [1.807, 2.05) is 0 Å². The SMILES string of the molecule is COc1cccc(OCCNC(=O)CN(c2ccc(Cl)c(Cl)c2)S(=O)(=O)c2ccccc2)c1. The molecule has 0 heterocycles. The van der Waals surface area contributed by atoms with Crippen molar-refractivity contribution < 1.29 is 22.7 Å². The fourth-order valence-corrected chi connectivity index (χ4v) is 4.64. The number of carbonyl (C=O) groups excluding carboxylic acids is 1. The Morgan fingerprint density at radius 1 is 0.939 bits per heavy atom. The van der Waals surface area contributed by atoms with Crippen LogP contribution >= 0.6 is 23.2 Å². The topological polar surface area (TPSA) is 84.9 Å². The van der Waals surface area contributed by atoms with Gasteiger partial charge in [-0.25, -0.2) is 8.42 Å². The highest BCUT2D eigenvalue weighted by molar-refractivity contribution is 7.92. The molecule has 3 aromatic carbocycles. The summed E-state index contributed by atoms with van der Waals surface area (Å²) in [7, 11) is -2.48. The van der Waals surface area contributed by atoms with Gasteiger partial charge in [0.2, 0.25) is 5.91 Å². The Balaban J connectivity index is 1.70. The number of methoxy groups -OCH3 is 1. The fraction of sp³-hybridized carbons (Fsp3) is 0.174. The first-order valence-electron chi connectivity index (χ1n) is 9.87. The lowest BCUT2D eigenvalue weighted by atomic mass is 10.3. The third-order valence-electron chi connectivity index (χ3n) is 4.54. The van der Waals surface area contributed by atoms with Crippen molar-refractivity contribution in [3.63, 3.8) is 0 Å². The molecule has 0 unspecified atom stereocenters. The Bertz CT molecular complexity index is 1210. The Labute approximate surface area is 202 Å². The molecule has 3 aromatic rings. The lowest BCUT2D eigenvalue weighted by Gasteiger charge is -2.24. The number of nitrogens with zero attached hydrogens (tertiary/aromatic N) is 1. The summed E-state index contributed by atoms with van der Waals surface area (Å²) in [4.78, 5) is 12.7. The molecule has 174 valence electrons. The van der Waals surface area contributed by atoms with Gasteiger partial charge in [-0.15, -0.1) is 0 Å². The molecule has 3 rings (SSSR count). The first-order valence-corrected chi connectivity index (χ1v) is 12.1. The fourth-order valence-electron chi connectivity index (χ4n) is 2.91. The van der Waals surface area contributed by atoms with E-state index in [1.54, 1.807) is 49.6 Å². The summed E-state index contributed by atoms with van der Waals surface area (Å²) >= 11 is 12.1. The number of carbonyl (C=O) groups is 1. The Hall–Kier alpha value is -2.94. The molecule has 0 saturated carbocycles. The van der Waals surface area contributed by atoms with E-state index in [9.17, 15) is 13.2 Å². The molecule has 0 atom stereocenters. The molecule has 10 heteroatoms. The Kier molecular flexibility index (Phi) is 8.43. The second kappa shape index (κ2) is 11.3. The van der Waals surface area contributed by atoms with Crippen molar-refractivity contribution in [2.75, 3.05) is 31.1 Å². The van der Waals surface area contributed by atoms with Gasteiger partial charge in [0.15, 0.2) is 0 Å². The number of hydrogen-bond acceptors (Lipinski definition) is 5. The van der Waals surface area contributed by atoms with Crippen LogP contribution < -0.4 is 19.1 Å². The van der Waals surface area contributed by atoms with Crippen molar-refractivity contribution in [1.29, 1.82) is 0 Å². The zero-order chi connectivity index (χ0) is 23.8. The summed E-state index contributed by atoms with van der Waals surface area (Å²) in [6.07, 6.45) is 0. The quantitative estimate of drug-likeness (QED) is 0.410. The normalized spacial score (nSPS) is 11.0. The minimum Gasteiger partial charge on any atom is -0.497 e. The number of benzene rings is 3. The van der Waals surface area contributed by atoms with Crippen molar-refractivity contribution in [2.24, 2.45) is 0 Å². The van der Waals surface area contributed by atoms with Gasteiger partial charge in [-0.3, -0.25) is 9.10 Å². The number of halogens is 2. The summed E-state index contributed by atoms with van der Waals surface area (Å²) in [5.41, 5.74) is 0.219. The third-order valence-corrected chi connectivity index (χ3v) is 7.07. The molecular formula is C23H22Cl2N2O5S. The summed E-state index contributed by atoms with van der Waals surface area (Å²) < 4.78 is 38.3. The van der Waals surface area contributed by atoms with Crippen LogP contribution in [-0.4, -0.2) is 41.1 Å². The van der Waals surface area contributed by atoms with Crippen LogP contribution in [0.2, 0.25) is 10.0 Å². The highest BCUT2D eigenvalue weighted by Crippen LogP contribution is 2.30. The van der Waals surface area contributed by atoms with Crippen LogP contribution in [0.4, 0.5) is 5.69 Å². The van der Waals surface area contributed by atoms with Crippen LogP contribution in [0.3, 0.4) is 0 Å². The van der Waals surface area contributed by atoms with Crippen molar-refractivity contribution in [2.45, 2.75) is 4.90 Å². The average molecular weight is 509 g/mol. The number of nitrogens with one attached hydrogen (secondary N) is 1. The number of rotatable bonds is 10. The van der Waals surface area contributed by atoms with Crippen LogP contribution in [-0.2, 0) is 14.8 Å². The summed E-state index contributed by atoms with van der Waals surface area (Å²) in [6.45, 7) is -0.0812. The minimum atomic E-state index is -4.03. The van der Waals surface area contributed by atoms with Crippen LogP contribution in [0, 0.1) is 0 Å². The van der Waals surface area contributed by atoms with Gasteiger partial charge in [-0.1, -0.05) is 47.5 Å². The molecule has 0 aliphatic heterocycles. The van der Waals surface area contributed by atoms with E-state index in [0.717, 1.165) is 4.31 Å². The van der Waals surface area contributed by atoms with E-state index in [1.165, 1.54) is 30.3 Å². The third kappa shape index (κ3) is 6.54. The zero-order valence-electron chi connectivity index (χ0n) is 17.7. The van der Waals surface area contributed by atoms with E-state index in [4.69, 9.17) is 32.7 Å². The maximum atomic E-state index is 13.3. The monoisotopic (exact) mass is 508 g/mol. The number of ether oxygens (including phenoxy) is 2. The molecule has 0 radical (unpaired) electrons. The smallest absolute Gasteiger partial charge is 0.264 e. The summed E-state index contributed by atoms with van der Waals surface area (Å²) in [5.74, 6) is 0.738. The summed E-state index contributed by atoms with van der Waals surface area (Å²) in [5, 5.41) is 3.12. The van der Waals surface area contributed by atoms with Crippen LogP contribution in [0.25, 0.3) is 0 Å².